The standard InChI is InChI=1S/C13H22N2O3/c1-5-6-7-8-13(2,16)11-12(18-4)15-10(17-3)9-14-11/h9,16H,5-8H2,1-4H3. The molecular formula is C13H22N2O3. The SMILES string of the molecule is CCCCCC(C)(O)c1ncc(OC)nc1OC. The molecule has 0 aromatic carbocycles. The predicted molar refractivity (Wildman–Crippen MR) is 68.8 cm³/mol. The van der Waals surface area contributed by atoms with Crippen LogP contribution in [0.25, 0.3) is 0 Å². The van der Waals surface area contributed by atoms with Crippen LogP contribution in [0.1, 0.15) is 45.2 Å². The summed E-state index contributed by atoms with van der Waals surface area (Å²) in [6, 6.07) is 0. The van der Waals surface area contributed by atoms with E-state index in [1.807, 2.05) is 0 Å². The number of nitrogens with zero attached hydrogens (tertiary/aromatic N) is 2. The van der Waals surface area contributed by atoms with Gasteiger partial charge < -0.3 is 14.6 Å². The van der Waals surface area contributed by atoms with Crippen LogP contribution in [-0.4, -0.2) is 29.3 Å². The Morgan fingerprint density at radius 2 is 2.00 bits per heavy atom. The third-order valence-corrected chi connectivity index (χ3v) is 2.90. The molecule has 1 aromatic heterocycles. The van der Waals surface area contributed by atoms with E-state index in [2.05, 4.69) is 16.9 Å². The Labute approximate surface area is 108 Å². The summed E-state index contributed by atoms with van der Waals surface area (Å²) in [5.74, 6) is 0.691. The highest BCUT2D eigenvalue weighted by molar-refractivity contribution is 5.27. The van der Waals surface area contributed by atoms with Crippen molar-refractivity contribution in [1.29, 1.82) is 0 Å². The molecule has 1 N–H and O–H groups in total. The van der Waals surface area contributed by atoms with Crippen molar-refractivity contribution in [1.82, 2.24) is 9.97 Å². The van der Waals surface area contributed by atoms with Gasteiger partial charge in [-0.05, 0) is 13.3 Å². The summed E-state index contributed by atoms with van der Waals surface area (Å²) in [6.45, 7) is 3.87. The van der Waals surface area contributed by atoms with Crippen molar-refractivity contribution in [3.63, 3.8) is 0 Å². The van der Waals surface area contributed by atoms with E-state index in [1.54, 1.807) is 6.92 Å². The Bertz CT molecular complexity index is 380. The summed E-state index contributed by atoms with van der Waals surface area (Å²) in [7, 11) is 3.03. The van der Waals surface area contributed by atoms with Gasteiger partial charge in [0, 0.05) is 0 Å². The van der Waals surface area contributed by atoms with Crippen molar-refractivity contribution in [3.8, 4) is 11.8 Å². The van der Waals surface area contributed by atoms with Gasteiger partial charge in [0.25, 0.3) is 0 Å². The summed E-state index contributed by atoms with van der Waals surface area (Å²) in [4.78, 5) is 8.35. The molecule has 102 valence electrons. The normalized spacial score (nSPS) is 14.1. The van der Waals surface area contributed by atoms with Crippen LogP contribution in [-0.2, 0) is 5.60 Å². The number of hydrogen-bond donors (Lipinski definition) is 1. The lowest BCUT2D eigenvalue weighted by Gasteiger charge is -2.23. The number of methoxy groups -OCH3 is 2. The molecule has 5 nitrogen and oxygen atoms in total. The van der Waals surface area contributed by atoms with Crippen LogP contribution >= 0.6 is 0 Å². The topological polar surface area (TPSA) is 64.5 Å². The molecule has 0 amide bonds. The molecule has 0 saturated carbocycles. The number of aliphatic hydroxyl groups is 1. The van der Waals surface area contributed by atoms with Crippen LogP contribution in [0.4, 0.5) is 0 Å². The minimum Gasteiger partial charge on any atom is -0.480 e. The first kappa shape index (κ1) is 14.7. The fourth-order valence-electron chi connectivity index (χ4n) is 1.80. The van der Waals surface area contributed by atoms with E-state index in [4.69, 9.17) is 9.47 Å². The average Bonchev–Trinajstić information content (AvgIpc) is 2.38. The van der Waals surface area contributed by atoms with Crippen LogP contribution in [0, 0.1) is 0 Å². The highest BCUT2D eigenvalue weighted by Crippen LogP contribution is 2.31. The second-order valence-corrected chi connectivity index (χ2v) is 4.50. The maximum atomic E-state index is 10.5. The lowest BCUT2D eigenvalue weighted by atomic mass is 9.94. The maximum absolute atomic E-state index is 10.5. The van der Waals surface area contributed by atoms with Crippen LogP contribution in [0.2, 0.25) is 0 Å². The van der Waals surface area contributed by atoms with E-state index >= 15 is 0 Å². The first-order chi connectivity index (χ1) is 8.55. The van der Waals surface area contributed by atoms with Gasteiger partial charge in [0.15, 0.2) is 0 Å². The average molecular weight is 254 g/mol. The number of rotatable bonds is 7. The van der Waals surface area contributed by atoms with E-state index in [0.29, 0.717) is 23.9 Å². The molecule has 18 heavy (non-hydrogen) atoms. The van der Waals surface area contributed by atoms with Gasteiger partial charge in [0.2, 0.25) is 11.8 Å². The molecule has 1 unspecified atom stereocenters. The lowest BCUT2D eigenvalue weighted by molar-refractivity contribution is 0.0370. The third kappa shape index (κ3) is 3.57. The van der Waals surface area contributed by atoms with Gasteiger partial charge >= 0.3 is 0 Å². The minimum absolute atomic E-state index is 0.316. The summed E-state index contributed by atoms with van der Waals surface area (Å²) >= 11 is 0. The van der Waals surface area contributed by atoms with Crippen LogP contribution < -0.4 is 9.47 Å². The van der Waals surface area contributed by atoms with Gasteiger partial charge in [-0.3, -0.25) is 0 Å². The van der Waals surface area contributed by atoms with Crippen molar-refractivity contribution < 1.29 is 14.6 Å². The second-order valence-electron chi connectivity index (χ2n) is 4.50. The first-order valence-corrected chi connectivity index (χ1v) is 6.23. The fraction of sp³-hybridized carbons (Fsp3) is 0.692. The zero-order valence-corrected chi connectivity index (χ0v) is 11.6. The summed E-state index contributed by atoms with van der Waals surface area (Å²) < 4.78 is 10.2. The quantitative estimate of drug-likeness (QED) is 0.756. The van der Waals surface area contributed by atoms with E-state index < -0.39 is 5.60 Å². The molecule has 0 fully saturated rings. The van der Waals surface area contributed by atoms with Crippen LogP contribution in [0.3, 0.4) is 0 Å². The number of aromatic nitrogens is 2. The molecule has 0 spiro atoms. The van der Waals surface area contributed by atoms with Crippen LogP contribution in [0.15, 0.2) is 6.20 Å². The highest BCUT2D eigenvalue weighted by Gasteiger charge is 2.29. The third-order valence-electron chi connectivity index (χ3n) is 2.90. The Hall–Kier alpha value is -1.36. The van der Waals surface area contributed by atoms with E-state index in [1.165, 1.54) is 20.4 Å². The molecule has 1 heterocycles. The molecule has 0 saturated heterocycles. The molecule has 5 heteroatoms. The Balaban J connectivity index is 2.92. The van der Waals surface area contributed by atoms with Gasteiger partial charge in [-0.15, -0.1) is 0 Å². The molecule has 1 atom stereocenters. The number of unbranched alkanes of at least 4 members (excludes halogenated alkanes) is 2. The number of hydrogen-bond acceptors (Lipinski definition) is 5. The minimum atomic E-state index is -1.03. The zero-order chi connectivity index (χ0) is 13.6. The van der Waals surface area contributed by atoms with E-state index in [-0.39, 0.29) is 0 Å². The van der Waals surface area contributed by atoms with E-state index in [9.17, 15) is 5.11 Å². The van der Waals surface area contributed by atoms with Gasteiger partial charge in [-0.25, -0.2) is 4.98 Å². The smallest absolute Gasteiger partial charge is 0.241 e. The molecule has 0 bridgehead atoms. The van der Waals surface area contributed by atoms with Gasteiger partial charge in [0.1, 0.15) is 11.3 Å². The fourth-order valence-corrected chi connectivity index (χ4v) is 1.80. The maximum Gasteiger partial charge on any atom is 0.241 e. The summed E-state index contributed by atoms with van der Waals surface area (Å²) in [5, 5.41) is 10.5. The van der Waals surface area contributed by atoms with Crippen LogP contribution in [0.5, 0.6) is 11.8 Å². The lowest BCUT2D eigenvalue weighted by Crippen LogP contribution is -2.24. The first-order valence-electron chi connectivity index (χ1n) is 6.23. The highest BCUT2D eigenvalue weighted by atomic mass is 16.5. The summed E-state index contributed by atoms with van der Waals surface area (Å²) in [5.41, 5.74) is -0.568. The van der Waals surface area contributed by atoms with Crippen molar-refractivity contribution in [2.75, 3.05) is 14.2 Å². The van der Waals surface area contributed by atoms with Crippen molar-refractivity contribution >= 4 is 0 Å². The van der Waals surface area contributed by atoms with Crippen molar-refractivity contribution in [2.45, 2.75) is 45.1 Å². The Kier molecular flexibility index (Phi) is 5.34. The van der Waals surface area contributed by atoms with Crippen molar-refractivity contribution in [2.24, 2.45) is 0 Å². The largest absolute Gasteiger partial charge is 0.480 e. The Morgan fingerprint density at radius 3 is 2.56 bits per heavy atom. The molecule has 1 rings (SSSR count). The number of ether oxygens (including phenoxy) is 2. The molecular weight excluding hydrogens is 232 g/mol. The monoisotopic (exact) mass is 254 g/mol. The van der Waals surface area contributed by atoms with E-state index in [0.717, 1.165) is 19.3 Å². The van der Waals surface area contributed by atoms with Gasteiger partial charge in [-0.1, -0.05) is 26.2 Å². The van der Waals surface area contributed by atoms with Gasteiger partial charge in [0.05, 0.1) is 20.4 Å². The molecule has 0 aliphatic rings. The molecule has 0 aliphatic heterocycles. The molecule has 1 aromatic rings. The summed E-state index contributed by atoms with van der Waals surface area (Å²) in [6.07, 6.45) is 5.27. The Morgan fingerprint density at radius 1 is 1.28 bits per heavy atom. The van der Waals surface area contributed by atoms with Gasteiger partial charge in [-0.2, -0.15) is 4.98 Å². The predicted octanol–water partition coefficient (Wildman–Crippen LogP) is 2.28. The zero-order valence-electron chi connectivity index (χ0n) is 11.6. The molecule has 0 aliphatic carbocycles. The van der Waals surface area contributed by atoms with Crippen molar-refractivity contribution in [3.05, 3.63) is 11.9 Å². The molecule has 0 radical (unpaired) electrons. The second kappa shape index (κ2) is 6.54.